The van der Waals surface area contributed by atoms with Gasteiger partial charge in [0.25, 0.3) is 0 Å². The first-order valence-corrected chi connectivity index (χ1v) is 7.09. The average Bonchev–Trinajstić information content (AvgIpc) is 2.91. The monoisotopic (exact) mass is 282 g/mol. The highest BCUT2D eigenvalue weighted by molar-refractivity contribution is 7.89. The molecule has 8 nitrogen and oxygen atoms in total. The molecule has 0 saturated carbocycles. The van der Waals surface area contributed by atoms with Crippen molar-refractivity contribution in [1.29, 1.82) is 0 Å². The van der Waals surface area contributed by atoms with E-state index in [0.717, 1.165) is 0 Å². The van der Waals surface area contributed by atoms with Gasteiger partial charge < -0.3 is 5.73 Å². The Morgan fingerprint density at radius 3 is 2.89 bits per heavy atom. The van der Waals surface area contributed by atoms with Gasteiger partial charge in [0, 0.05) is 25.5 Å². The summed E-state index contributed by atoms with van der Waals surface area (Å²) < 4.78 is 28.2. The number of nitrogens with two attached hydrogens (primary N) is 1. The summed E-state index contributed by atoms with van der Waals surface area (Å²) in [6, 6.07) is 3.04. The second kappa shape index (κ2) is 5.87. The summed E-state index contributed by atoms with van der Waals surface area (Å²) in [4.78, 5) is 4.06. The van der Waals surface area contributed by atoms with Crippen LogP contribution in [-0.2, 0) is 23.1 Å². The quantitative estimate of drug-likeness (QED) is 0.710. The predicted molar refractivity (Wildman–Crippen MR) is 67.3 cm³/mol. The van der Waals surface area contributed by atoms with Crippen LogP contribution in [0.1, 0.15) is 5.69 Å². The molecule has 0 saturated heterocycles. The molecule has 2 aromatic rings. The third kappa shape index (κ3) is 3.34. The number of rotatable bonds is 6. The molecule has 2 aromatic heterocycles. The van der Waals surface area contributed by atoms with Crippen molar-refractivity contribution >= 4 is 10.0 Å². The molecule has 0 spiro atoms. The highest BCUT2D eigenvalue weighted by atomic mass is 32.2. The molecule has 2 rings (SSSR count). The third-order valence-electron chi connectivity index (χ3n) is 2.44. The largest absolute Gasteiger partial charge is 0.325 e. The molecule has 0 aliphatic heterocycles. The molecular formula is C10H14N6O2S. The van der Waals surface area contributed by atoms with Crippen LogP contribution in [0.15, 0.2) is 35.6 Å². The summed E-state index contributed by atoms with van der Waals surface area (Å²) in [5.41, 5.74) is 5.82. The van der Waals surface area contributed by atoms with Crippen molar-refractivity contribution < 1.29 is 8.42 Å². The lowest BCUT2D eigenvalue weighted by molar-refractivity contribution is 0.551. The van der Waals surface area contributed by atoms with E-state index in [1.807, 2.05) is 0 Å². The van der Waals surface area contributed by atoms with E-state index >= 15 is 0 Å². The molecule has 102 valence electrons. The predicted octanol–water partition coefficient (Wildman–Crippen LogP) is -0.890. The van der Waals surface area contributed by atoms with E-state index in [1.54, 1.807) is 12.3 Å². The average molecular weight is 282 g/mol. The maximum atomic E-state index is 12.1. The van der Waals surface area contributed by atoms with Crippen LogP contribution >= 0.6 is 0 Å². The number of sulfonamides is 1. The Labute approximate surface area is 110 Å². The molecule has 0 radical (unpaired) electrons. The number of pyridine rings is 1. The second-order valence-corrected chi connectivity index (χ2v) is 5.45. The fourth-order valence-electron chi connectivity index (χ4n) is 1.55. The third-order valence-corrected chi connectivity index (χ3v) is 3.97. The molecule has 2 heterocycles. The van der Waals surface area contributed by atoms with Gasteiger partial charge in [0.1, 0.15) is 4.90 Å². The molecule has 0 aliphatic carbocycles. The molecule has 3 N–H and O–H groups in total. The molecule has 0 bridgehead atoms. The number of aromatic nitrogens is 4. The van der Waals surface area contributed by atoms with Crippen LogP contribution in [0.4, 0.5) is 0 Å². The van der Waals surface area contributed by atoms with Crippen LogP contribution in [0.3, 0.4) is 0 Å². The van der Waals surface area contributed by atoms with Crippen molar-refractivity contribution in [3.8, 4) is 0 Å². The molecule has 0 unspecified atom stereocenters. The van der Waals surface area contributed by atoms with Crippen molar-refractivity contribution in [1.82, 2.24) is 24.7 Å². The zero-order chi connectivity index (χ0) is 13.7. The number of nitrogens with zero attached hydrogens (tertiary/aromatic N) is 4. The number of hydrogen-bond acceptors (Lipinski definition) is 6. The van der Waals surface area contributed by atoms with E-state index < -0.39 is 10.0 Å². The zero-order valence-corrected chi connectivity index (χ0v) is 10.9. The smallest absolute Gasteiger partial charge is 0.242 e. The Bertz CT molecular complexity index is 625. The van der Waals surface area contributed by atoms with Gasteiger partial charge in [-0.3, -0.25) is 9.67 Å². The van der Waals surface area contributed by atoms with Crippen molar-refractivity contribution in [2.75, 3.05) is 6.54 Å². The van der Waals surface area contributed by atoms with Gasteiger partial charge in [-0.25, -0.2) is 13.1 Å². The molecule has 0 amide bonds. The topological polar surface area (TPSA) is 116 Å². The van der Waals surface area contributed by atoms with Crippen molar-refractivity contribution in [3.05, 3.63) is 36.4 Å². The van der Waals surface area contributed by atoms with Crippen molar-refractivity contribution in [3.63, 3.8) is 0 Å². The van der Waals surface area contributed by atoms with Crippen LogP contribution in [0.25, 0.3) is 0 Å². The normalized spacial score (nSPS) is 11.6. The van der Waals surface area contributed by atoms with Gasteiger partial charge in [-0.05, 0) is 12.1 Å². The van der Waals surface area contributed by atoms with Gasteiger partial charge in [-0.1, -0.05) is 5.21 Å². The molecule has 0 atom stereocenters. The number of nitrogens with one attached hydrogen (secondary N) is 1. The summed E-state index contributed by atoms with van der Waals surface area (Å²) in [5.74, 6) is 0. The molecule has 0 aliphatic rings. The van der Waals surface area contributed by atoms with Gasteiger partial charge in [0.05, 0.1) is 18.4 Å². The van der Waals surface area contributed by atoms with E-state index in [4.69, 9.17) is 5.73 Å². The van der Waals surface area contributed by atoms with Crippen LogP contribution in [-0.4, -0.2) is 34.9 Å². The Kier molecular flexibility index (Phi) is 4.20. The Morgan fingerprint density at radius 1 is 1.37 bits per heavy atom. The van der Waals surface area contributed by atoms with Gasteiger partial charge in [-0.15, -0.1) is 5.10 Å². The molecule has 0 fully saturated rings. The maximum Gasteiger partial charge on any atom is 0.242 e. The highest BCUT2D eigenvalue weighted by Gasteiger charge is 2.17. The standard InChI is InChI=1S/C10H14N6O2S/c11-8-9-10(2-1-3-12-9)19(17,18)14-5-7-16-6-4-13-15-16/h1-4,6,14H,5,7-8,11H2. The van der Waals surface area contributed by atoms with Gasteiger partial charge in [-0.2, -0.15) is 0 Å². The van der Waals surface area contributed by atoms with E-state index in [2.05, 4.69) is 20.0 Å². The zero-order valence-electron chi connectivity index (χ0n) is 10.1. The SMILES string of the molecule is NCc1ncccc1S(=O)(=O)NCCn1ccnn1. The highest BCUT2D eigenvalue weighted by Crippen LogP contribution is 2.11. The Hall–Kier alpha value is -1.84. The second-order valence-electron chi connectivity index (χ2n) is 3.72. The molecule has 19 heavy (non-hydrogen) atoms. The van der Waals surface area contributed by atoms with E-state index in [9.17, 15) is 8.42 Å². The van der Waals surface area contributed by atoms with Crippen LogP contribution < -0.4 is 10.5 Å². The van der Waals surface area contributed by atoms with Gasteiger partial charge >= 0.3 is 0 Å². The lowest BCUT2D eigenvalue weighted by Gasteiger charge is -2.09. The number of hydrogen-bond donors (Lipinski definition) is 2. The first kappa shape index (κ1) is 13.6. The van der Waals surface area contributed by atoms with Crippen molar-refractivity contribution in [2.24, 2.45) is 5.73 Å². The first-order valence-electron chi connectivity index (χ1n) is 5.61. The lowest BCUT2D eigenvalue weighted by atomic mass is 10.3. The maximum absolute atomic E-state index is 12.1. The summed E-state index contributed by atoms with van der Waals surface area (Å²) in [5, 5.41) is 7.37. The first-order chi connectivity index (χ1) is 9.13. The van der Waals surface area contributed by atoms with Gasteiger partial charge in [0.15, 0.2) is 0 Å². The Balaban J connectivity index is 2.05. The fourth-order valence-corrected chi connectivity index (χ4v) is 2.76. The lowest BCUT2D eigenvalue weighted by Crippen LogP contribution is -2.29. The molecule has 9 heteroatoms. The van der Waals surface area contributed by atoms with E-state index in [0.29, 0.717) is 12.2 Å². The van der Waals surface area contributed by atoms with Crippen molar-refractivity contribution in [2.45, 2.75) is 18.0 Å². The summed E-state index contributed by atoms with van der Waals surface area (Å²) in [7, 11) is -3.61. The minimum atomic E-state index is -3.61. The van der Waals surface area contributed by atoms with Crippen LogP contribution in [0.2, 0.25) is 0 Å². The fraction of sp³-hybridized carbons (Fsp3) is 0.300. The van der Waals surface area contributed by atoms with Gasteiger partial charge in [0.2, 0.25) is 10.0 Å². The Morgan fingerprint density at radius 2 is 2.21 bits per heavy atom. The summed E-state index contributed by atoms with van der Waals surface area (Å²) >= 11 is 0. The van der Waals surface area contributed by atoms with Crippen LogP contribution in [0.5, 0.6) is 0 Å². The summed E-state index contributed by atoms with van der Waals surface area (Å²) in [6.45, 7) is 0.683. The minimum absolute atomic E-state index is 0.0696. The molecular weight excluding hydrogens is 268 g/mol. The minimum Gasteiger partial charge on any atom is -0.325 e. The van der Waals surface area contributed by atoms with E-state index in [1.165, 1.54) is 23.1 Å². The molecule has 0 aromatic carbocycles. The van der Waals surface area contributed by atoms with E-state index in [-0.39, 0.29) is 18.0 Å². The van der Waals surface area contributed by atoms with Crippen LogP contribution in [0, 0.1) is 0 Å². The summed E-state index contributed by atoms with van der Waals surface area (Å²) in [6.07, 6.45) is 4.70.